The number of hydrogen-bond donors (Lipinski definition) is 1. The van der Waals surface area contributed by atoms with Gasteiger partial charge in [0.15, 0.2) is 11.5 Å². The van der Waals surface area contributed by atoms with Gasteiger partial charge in [-0.3, -0.25) is 14.3 Å². The standard InChI is InChI=1S/C16H24N2O5Si/c1-21-13-8-11-12(9-14(13)22-2)18(16(20)17-15(11)19)10-23-6-7-24(3,4)5/h8-9H,6-7,10H2,1-5H3,(H,17,19,20). The molecule has 0 fully saturated rings. The van der Waals surface area contributed by atoms with Crippen LogP contribution in [0.1, 0.15) is 0 Å². The van der Waals surface area contributed by atoms with Crippen molar-refractivity contribution < 1.29 is 14.2 Å². The fourth-order valence-corrected chi connectivity index (χ4v) is 3.03. The Balaban J connectivity index is 2.42. The molecule has 0 spiro atoms. The lowest BCUT2D eigenvalue weighted by molar-refractivity contribution is 0.0869. The van der Waals surface area contributed by atoms with Crippen LogP contribution >= 0.6 is 0 Å². The van der Waals surface area contributed by atoms with E-state index in [4.69, 9.17) is 14.2 Å². The lowest BCUT2D eigenvalue weighted by atomic mass is 10.2. The average Bonchev–Trinajstić information content (AvgIpc) is 2.51. The molecule has 0 atom stereocenters. The van der Waals surface area contributed by atoms with Gasteiger partial charge in [0.05, 0.1) is 25.1 Å². The predicted octanol–water partition coefficient (Wildman–Crippen LogP) is 2.02. The van der Waals surface area contributed by atoms with Crippen molar-refractivity contribution in [1.29, 1.82) is 0 Å². The molecule has 0 aliphatic carbocycles. The molecule has 24 heavy (non-hydrogen) atoms. The second-order valence-corrected chi connectivity index (χ2v) is 12.4. The molecule has 0 aliphatic heterocycles. The number of fused-ring (bicyclic) bond motifs is 1. The fraction of sp³-hybridized carbons (Fsp3) is 0.500. The summed E-state index contributed by atoms with van der Waals surface area (Å²) in [4.78, 5) is 26.6. The molecule has 1 aromatic carbocycles. The Morgan fingerprint density at radius 3 is 2.29 bits per heavy atom. The Hall–Kier alpha value is -2.06. The Labute approximate surface area is 141 Å². The largest absolute Gasteiger partial charge is 0.493 e. The van der Waals surface area contributed by atoms with Crippen molar-refractivity contribution in [2.24, 2.45) is 0 Å². The zero-order valence-electron chi connectivity index (χ0n) is 14.8. The quantitative estimate of drug-likeness (QED) is 0.609. The first-order valence-corrected chi connectivity index (χ1v) is 11.4. The summed E-state index contributed by atoms with van der Waals surface area (Å²) in [5, 5.41) is 0.348. The van der Waals surface area contributed by atoms with Gasteiger partial charge in [0.1, 0.15) is 6.73 Å². The summed E-state index contributed by atoms with van der Waals surface area (Å²) < 4.78 is 17.5. The molecule has 0 amide bonds. The van der Waals surface area contributed by atoms with E-state index in [1.165, 1.54) is 18.8 Å². The van der Waals surface area contributed by atoms with Crippen molar-refractivity contribution in [3.63, 3.8) is 0 Å². The number of hydrogen-bond acceptors (Lipinski definition) is 5. The van der Waals surface area contributed by atoms with Gasteiger partial charge in [-0.15, -0.1) is 0 Å². The van der Waals surface area contributed by atoms with E-state index in [1.807, 2.05) is 0 Å². The van der Waals surface area contributed by atoms with E-state index >= 15 is 0 Å². The van der Waals surface area contributed by atoms with Crippen molar-refractivity contribution in [3.8, 4) is 11.5 Å². The summed E-state index contributed by atoms with van der Waals surface area (Å²) in [5.41, 5.74) is -0.517. The molecule has 1 N–H and O–H groups in total. The number of ether oxygens (including phenoxy) is 3. The molecule has 0 saturated carbocycles. The Morgan fingerprint density at radius 1 is 1.08 bits per heavy atom. The summed E-state index contributed by atoms with van der Waals surface area (Å²) >= 11 is 0. The second-order valence-electron chi connectivity index (χ2n) is 6.76. The number of nitrogens with one attached hydrogen (secondary N) is 1. The van der Waals surface area contributed by atoms with E-state index in [1.54, 1.807) is 12.1 Å². The lowest BCUT2D eigenvalue weighted by Gasteiger charge is -2.17. The maximum Gasteiger partial charge on any atom is 0.330 e. The van der Waals surface area contributed by atoms with Gasteiger partial charge in [0.25, 0.3) is 5.56 Å². The van der Waals surface area contributed by atoms with E-state index < -0.39 is 19.3 Å². The number of aromatic nitrogens is 2. The maximum absolute atomic E-state index is 12.2. The molecule has 2 rings (SSSR count). The zero-order valence-corrected chi connectivity index (χ0v) is 15.8. The van der Waals surface area contributed by atoms with Crippen LogP contribution in [0.5, 0.6) is 11.5 Å². The molecule has 0 aliphatic rings. The number of H-pyrrole nitrogens is 1. The number of nitrogens with zero attached hydrogens (tertiary/aromatic N) is 1. The highest BCUT2D eigenvalue weighted by molar-refractivity contribution is 6.76. The van der Waals surface area contributed by atoms with E-state index in [2.05, 4.69) is 24.6 Å². The average molecular weight is 352 g/mol. The summed E-state index contributed by atoms with van der Waals surface area (Å²) in [6.07, 6.45) is 0. The van der Waals surface area contributed by atoms with Gasteiger partial charge < -0.3 is 14.2 Å². The van der Waals surface area contributed by atoms with Crippen LogP contribution in [0.2, 0.25) is 25.7 Å². The third-order valence-electron chi connectivity index (χ3n) is 3.72. The number of aromatic amines is 1. The van der Waals surface area contributed by atoms with E-state index in [9.17, 15) is 9.59 Å². The molecule has 0 bridgehead atoms. The van der Waals surface area contributed by atoms with Crippen LogP contribution < -0.4 is 20.7 Å². The van der Waals surface area contributed by atoms with Crippen molar-refractivity contribution in [1.82, 2.24) is 9.55 Å². The SMILES string of the molecule is COc1cc2c(=O)[nH]c(=O)n(COCC[Si](C)(C)C)c2cc1OC. The Kier molecular flexibility index (Phi) is 5.50. The fourth-order valence-electron chi connectivity index (χ4n) is 2.28. The topological polar surface area (TPSA) is 82.6 Å². The highest BCUT2D eigenvalue weighted by Crippen LogP contribution is 2.30. The number of benzene rings is 1. The third-order valence-corrected chi connectivity index (χ3v) is 5.42. The third kappa shape index (κ3) is 4.07. The zero-order chi connectivity index (χ0) is 17.9. The molecule has 0 unspecified atom stereocenters. The molecule has 8 heteroatoms. The van der Waals surface area contributed by atoms with Crippen LogP contribution in [0.4, 0.5) is 0 Å². The summed E-state index contributed by atoms with van der Waals surface area (Å²) in [5.74, 6) is 0.881. The van der Waals surface area contributed by atoms with Gasteiger partial charge in [-0.2, -0.15) is 0 Å². The van der Waals surface area contributed by atoms with Gasteiger partial charge in [0.2, 0.25) is 0 Å². The highest BCUT2D eigenvalue weighted by atomic mass is 28.3. The van der Waals surface area contributed by atoms with E-state index in [0.29, 0.717) is 29.0 Å². The van der Waals surface area contributed by atoms with Gasteiger partial charge in [-0.25, -0.2) is 4.79 Å². The molecule has 1 aromatic heterocycles. The van der Waals surface area contributed by atoms with Gasteiger partial charge in [-0.05, 0) is 12.1 Å². The van der Waals surface area contributed by atoms with Crippen LogP contribution in [-0.4, -0.2) is 38.5 Å². The Bertz CT molecular complexity index is 835. The molecule has 132 valence electrons. The first-order chi connectivity index (χ1) is 11.3. The van der Waals surface area contributed by atoms with Crippen molar-refractivity contribution >= 4 is 19.0 Å². The summed E-state index contributed by atoms with van der Waals surface area (Å²) in [7, 11) is 1.79. The molecule has 1 heterocycles. The first kappa shape index (κ1) is 18.3. The second kappa shape index (κ2) is 7.23. The van der Waals surface area contributed by atoms with Crippen LogP contribution in [0.15, 0.2) is 21.7 Å². The lowest BCUT2D eigenvalue weighted by Crippen LogP contribution is -2.31. The molecule has 2 aromatic rings. The first-order valence-electron chi connectivity index (χ1n) is 7.73. The molecular formula is C16H24N2O5Si. The molecule has 7 nitrogen and oxygen atoms in total. The predicted molar refractivity (Wildman–Crippen MR) is 96.0 cm³/mol. The maximum atomic E-state index is 12.2. The van der Waals surface area contributed by atoms with Gasteiger partial charge in [-0.1, -0.05) is 19.6 Å². The summed E-state index contributed by atoms with van der Waals surface area (Å²) in [6.45, 7) is 7.43. The van der Waals surface area contributed by atoms with Gasteiger partial charge >= 0.3 is 5.69 Å². The van der Waals surface area contributed by atoms with Gasteiger partial charge in [0, 0.05) is 20.7 Å². The monoisotopic (exact) mass is 352 g/mol. The molecular weight excluding hydrogens is 328 g/mol. The van der Waals surface area contributed by atoms with E-state index in [0.717, 1.165) is 6.04 Å². The van der Waals surface area contributed by atoms with Crippen LogP contribution in [0.3, 0.4) is 0 Å². The van der Waals surface area contributed by atoms with Crippen LogP contribution in [0.25, 0.3) is 10.9 Å². The van der Waals surface area contributed by atoms with Crippen LogP contribution in [0, 0.1) is 0 Å². The minimum Gasteiger partial charge on any atom is -0.493 e. The molecule has 0 saturated heterocycles. The minimum absolute atomic E-state index is 0.0755. The van der Waals surface area contributed by atoms with Crippen molar-refractivity contribution in [3.05, 3.63) is 33.0 Å². The molecule has 0 radical (unpaired) electrons. The Morgan fingerprint density at radius 2 is 1.71 bits per heavy atom. The van der Waals surface area contributed by atoms with Crippen molar-refractivity contribution in [2.75, 3.05) is 20.8 Å². The number of rotatable bonds is 7. The van der Waals surface area contributed by atoms with E-state index in [-0.39, 0.29) is 6.73 Å². The summed E-state index contributed by atoms with van der Waals surface area (Å²) in [6, 6.07) is 4.18. The van der Waals surface area contributed by atoms with Crippen molar-refractivity contribution in [2.45, 2.75) is 32.4 Å². The smallest absolute Gasteiger partial charge is 0.330 e. The highest BCUT2D eigenvalue weighted by Gasteiger charge is 2.15. The normalized spacial score (nSPS) is 11.7. The minimum atomic E-state index is -1.21. The van der Waals surface area contributed by atoms with Crippen LogP contribution in [-0.2, 0) is 11.5 Å². The number of methoxy groups -OCH3 is 2.